The predicted octanol–water partition coefficient (Wildman–Crippen LogP) is 2.34. The molecule has 4 nitrogen and oxygen atoms in total. The molecule has 0 spiro atoms. The number of alkyl halides is 1. The molecule has 1 fully saturated rings. The summed E-state index contributed by atoms with van der Waals surface area (Å²) in [7, 11) is 0. The van der Waals surface area contributed by atoms with Gasteiger partial charge >= 0.3 is 0 Å². The van der Waals surface area contributed by atoms with Crippen LogP contribution in [-0.4, -0.2) is 40.6 Å². The number of morpholine rings is 1. The van der Waals surface area contributed by atoms with Gasteiger partial charge in [-0.15, -0.1) is 0 Å². The Morgan fingerprint density at radius 3 is 2.89 bits per heavy atom. The van der Waals surface area contributed by atoms with Crippen molar-refractivity contribution in [3.05, 3.63) is 17.6 Å². The quantitative estimate of drug-likeness (QED) is 0.803. The lowest BCUT2D eigenvalue weighted by Gasteiger charge is -2.37. The van der Waals surface area contributed by atoms with E-state index in [1.807, 2.05) is 6.92 Å². The molecule has 2 rings (SSSR count). The van der Waals surface area contributed by atoms with Crippen LogP contribution in [0.4, 0.5) is 5.82 Å². The van der Waals surface area contributed by atoms with Crippen LogP contribution in [0.15, 0.2) is 6.07 Å². The van der Waals surface area contributed by atoms with Gasteiger partial charge in [-0.05, 0) is 13.8 Å². The molecule has 1 aromatic rings. The van der Waals surface area contributed by atoms with Crippen LogP contribution in [0.1, 0.15) is 25.4 Å². The molecule has 2 unspecified atom stereocenters. The molecular weight excluding hydrogens is 294 g/mol. The van der Waals surface area contributed by atoms with E-state index in [-0.39, 0.29) is 12.2 Å². The Balaban J connectivity index is 2.21. The summed E-state index contributed by atoms with van der Waals surface area (Å²) in [4.78, 5) is 11.3. The molecule has 0 saturated carbocycles. The molecule has 0 amide bonds. The third-order valence-corrected chi connectivity index (χ3v) is 3.75. The summed E-state index contributed by atoms with van der Waals surface area (Å²) in [5.74, 6) is 1.94. The molecule has 0 N–H and O–H groups in total. The molecule has 100 valence electrons. The van der Waals surface area contributed by atoms with E-state index in [1.54, 1.807) is 0 Å². The normalized spacial score (nSPS) is 24.3. The topological polar surface area (TPSA) is 38.2 Å². The van der Waals surface area contributed by atoms with E-state index in [0.717, 1.165) is 42.2 Å². The van der Waals surface area contributed by atoms with Crippen molar-refractivity contribution in [2.24, 2.45) is 0 Å². The van der Waals surface area contributed by atoms with Gasteiger partial charge in [0.1, 0.15) is 11.6 Å². The van der Waals surface area contributed by atoms with Crippen LogP contribution in [0.25, 0.3) is 0 Å². The minimum atomic E-state index is 0.231. The zero-order valence-corrected chi connectivity index (χ0v) is 12.8. The number of anilines is 1. The molecule has 1 saturated heterocycles. The molecule has 2 atom stereocenters. The Labute approximate surface area is 117 Å². The summed E-state index contributed by atoms with van der Waals surface area (Å²) in [6.07, 6.45) is 1.34. The SMILES string of the molecule is CCc1nc(C)cc(N2CC(C)OC(CBr)C2)n1. The van der Waals surface area contributed by atoms with Crippen molar-refractivity contribution in [2.75, 3.05) is 23.3 Å². The maximum Gasteiger partial charge on any atom is 0.132 e. The Bertz CT molecular complexity index is 413. The maximum atomic E-state index is 5.84. The first kappa shape index (κ1) is 13.7. The van der Waals surface area contributed by atoms with E-state index in [9.17, 15) is 0 Å². The van der Waals surface area contributed by atoms with Gasteiger partial charge in [0.15, 0.2) is 0 Å². The highest BCUT2D eigenvalue weighted by Crippen LogP contribution is 2.20. The van der Waals surface area contributed by atoms with Crippen LogP contribution >= 0.6 is 15.9 Å². The zero-order valence-electron chi connectivity index (χ0n) is 11.2. The molecule has 2 heterocycles. The van der Waals surface area contributed by atoms with Gasteiger partial charge in [-0.1, -0.05) is 22.9 Å². The third-order valence-electron chi connectivity index (χ3n) is 3.03. The third kappa shape index (κ3) is 3.20. The molecule has 0 aliphatic carbocycles. The minimum Gasteiger partial charge on any atom is -0.371 e. The van der Waals surface area contributed by atoms with Crippen molar-refractivity contribution in [1.82, 2.24) is 9.97 Å². The van der Waals surface area contributed by atoms with E-state index in [0.29, 0.717) is 0 Å². The van der Waals surface area contributed by atoms with Crippen molar-refractivity contribution in [1.29, 1.82) is 0 Å². The highest BCUT2D eigenvalue weighted by Gasteiger charge is 2.25. The molecule has 0 radical (unpaired) electrons. The van der Waals surface area contributed by atoms with Crippen molar-refractivity contribution in [3.63, 3.8) is 0 Å². The first-order valence-corrected chi connectivity index (χ1v) is 7.55. The number of rotatable bonds is 3. The molecule has 5 heteroatoms. The maximum absolute atomic E-state index is 5.84. The number of halogens is 1. The van der Waals surface area contributed by atoms with Gasteiger partial charge < -0.3 is 9.64 Å². The fraction of sp³-hybridized carbons (Fsp3) is 0.692. The minimum absolute atomic E-state index is 0.231. The van der Waals surface area contributed by atoms with E-state index in [2.05, 4.69) is 50.7 Å². The van der Waals surface area contributed by atoms with Gasteiger partial charge in [0.05, 0.1) is 12.2 Å². The van der Waals surface area contributed by atoms with Crippen LogP contribution < -0.4 is 4.90 Å². The van der Waals surface area contributed by atoms with Crippen molar-refractivity contribution in [2.45, 2.75) is 39.4 Å². The van der Waals surface area contributed by atoms with Gasteiger partial charge in [0.25, 0.3) is 0 Å². The largest absolute Gasteiger partial charge is 0.371 e. The molecule has 1 aliphatic rings. The standard InChI is InChI=1S/C13H20BrN3O/c1-4-12-15-9(2)5-13(16-12)17-7-10(3)18-11(6-14)8-17/h5,10-11H,4,6-8H2,1-3H3. The Morgan fingerprint density at radius 1 is 1.44 bits per heavy atom. The van der Waals surface area contributed by atoms with E-state index >= 15 is 0 Å². The molecule has 0 bridgehead atoms. The van der Waals surface area contributed by atoms with E-state index in [1.165, 1.54) is 0 Å². The highest BCUT2D eigenvalue weighted by atomic mass is 79.9. The molecule has 1 aliphatic heterocycles. The Hall–Kier alpha value is -0.680. The first-order chi connectivity index (χ1) is 8.62. The van der Waals surface area contributed by atoms with Crippen LogP contribution in [0.2, 0.25) is 0 Å². The lowest BCUT2D eigenvalue weighted by molar-refractivity contribution is -0.00225. The van der Waals surface area contributed by atoms with Gasteiger partial charge in [0, 0.05) is 36.6 Å². The number of hydrogen-bond donors (Lipinski definition) is 0. The summed E-state index contributed by atoms with van der Waals surface area (Å²) in [6, 6.07) is 2.06. The van der Waals surface area contributed by atoms with Gasteiger partial charge in [0.2, 0.25) is 0 Å². The molecule has 0 aromatic carbocycles. The summed E-state index contributed by atoms with van der Waals surface area (Å²) in [6.45, 7) is 7.99. The zero-order chi connectivity index (χ0) is 13.1. The van der Waals surface area contributed by atoms with Crippen molar-refractivity contribution in [3.8, 4) is 0 Å². The van der Waals surface area contributed by atoms with Gasteiger partial charge in [-0.25, -0.2) is 9.97 Å². The fourth-order valence-corrected chi connectivity index (χ4v) is 2.61. The number of ether oxygens (including phenoxy) is 1. The number of aromatic nitrogens is 2. The van der Waals surface area contributed by atoms with Crippen LogP contribution in [0.3, 0.4) is 0 Å². The smallest absolute Gasteiger partial charge is 0.132 e. The highest BCUT2D eigenvalue weighted by molar-refractivity contribution is 9.09. The molecular formula is C13H20BrN3O. The number of nitrogens with zero attached hydrogens (tertiary/aromatic N) is 3. The second kappa shape index (κ2) is 5.97. The molecule has 1 aromatic heterocycles. The lowest BCUT2D eigenvalue weighted by atomic mass is 10.2. The number of hydrogen-bond acceptors (Lipinski definition) is 4. The van der Waals surface area contributed by atoms with E-state index < -0.39 is 0 Å². The Morgan fingerprint density at radius 2 is 2.22 bits per heavy atom. The summed E-state index contributed by atoms with van der Waals surface area (Å²) in [5.41, 5.74) is 1.03. The predicted molar refractivity (Wildman–Crippen MR) is 76.5 cm³/mol. The van der Waals surface area contributed by atoms with Crippen LogP contribution in [0, 0.1) is 6.92 Å². The average molecular weight is 314 g/mol. The summed E-state index contributed by atoms with van der Waals surface area (Å²) in [5, 5.41) is 0.860. The van der Waals surface area contributed by atoms with Gasteiger partial charge in [-0.3, -0.25) is 0 Å². The lowest BCUT2D eigenvalue weighted by Crippen LogP contribution is -2.47. The number of aryl methyl sites for hydroxylation is 2. The van der Waals surface area contributed by atoms with Crippen molar-refractivity contribution < 1.29 is 4.74 Å². The van der Waals surface area contributed by atoms with Gasteiger partial charge in [-0.2, -0.15) is 0 Å². The summed E-state index contributed by atoms with van der Waals surface area (Å²) < 4.78 is 5.84. The van der Waals surface area contributed by atoms with E-state index in [4.69, 9.17) is 4.74 Å². The second-order valence-electron chi connectivity index (χ2n) is 4.77. The van der Waals surface area contributed by atoms with Crippen LogP contribution in [-0.2, 0) is 11.2 Å². The summed E-state index contributed by atoms with van der Waals surface area (Å²) >= 11 is 3.50. The molecule has 18 heavy (non-hydrogen) atoms. The average Bonchev–Trinajstić information content (AvgIpc) is 2.37. The van der Waals surface area contributed by atoms with Crippen LogP contribution in [0.5, 0.6) is 0 Å². The fourth-order valence-electron chi connectivity index (χ4n) is 2.25. The first-order valence-electron chi connectivity index (χ1n) is 6.43. The Kier molecular flexibility index (Phi) is 4.56. The second-order valence-corrected chi connectivity index (χ2v) is 5.41. The van der Waals surface area contributed by atoms with Crippen molar-refractivity contribution >= 4 is 21.7 Å². The monoisotopic (exact) mass is 313 g/mol.